The molecule has 0 saturated heterocycles. The van der Waals surface area contributed by atoms with E-state index in [1.807, 2.05) is 0 Å². The second-order valence-electron chi connectivity index (χ2n) is 0.942. The molecular weight excluding hydrogens is 98.1 g/mol. The molecule has 0 spiro atoms. The molecule has 1 aliphatic heterocycles. The highest BCUT2D eigenvalue weighted by Crippen LogP contribution is 2.10. The Kier molecular flexibility index (Phi) is 1.03. The van der Waals surface area contributed by atoms with Crippen LogP contribution in [0.5, 0.6) is 0 Å². The summed E-state index contributed by atoms with van der Waals surface area (Å²) in [6.45, 7) is 0. The number of hydrogen-bond donors (Lipinski definition) is 1. The van der Waals surface area contributed by atoms with Crippen LogP contribution in [0.4, 0.5) is 0 Å². The van der Waals surface area contributed by atoms with E-state index in [4.69, 9.17) is 5.21 Å². The van der Waals surface area contributed by atoms with Gasteiger partial charge in [0.2, 0.25) is 0 Å². The number of rotatable bonds is 0. The van der Waals surface area contributed by atoms with Crippen molar-refractivity contribution in [1.29, 1.82) is 0 Å². The maximum Gasteiger partial charge on any atom is 0.0970 e. The van der Waals surface area contributed by atoms with Crippen molar-refractivity contribution in [2.75, 3.05) is 5.88 Å². The zero-order valence-corrected chi connectivity index (χ0v) is 3.90. The molecule has 1 rings (SSSR count). The zero-order valence-electron chi connectivity index (χ0n) is 3.09. The van der Waals surface area contributed by atoms with Crippen LogP contribution in [-0.4, -0.2) is 16.1 Å². The topological polar surface area (TPSA) is 23.5 Å². The van der Waals surface area contributed by atoms with Gasteiger partial charge in [0.05, 0.1) is 12.1 Å². The molecule has 6 heavy (non-hydrogen) atoms. The minimum atomic E-state index is 0.625. The van der Waals surface area contributed by atoms with E-state index in [1.54, 1.807) is 5.41 Å². The van der Waals surface area contributed by atoms with Crippen LogP contribution in [0.15, 0.2) is 5.41 Å². The van der Waals surface area contributed by atoms with Gasteiger partial charge in [-0.05, 0) is 0 Å². The van der Waals surface area contributed by atoms with Crippen LogP contribution in [-0.2, 0) is 0 Å². The quantitative estimate of drug-likeness (QED) is 0.486. The van der Waals surface area contributed by atoms with Crippen molar-refractivity contribution in [3.8, 4) is 0 Å². The number of hydroxylamine groups is 2. The summed E-state index contributed by atoms with van der Waals surface area (Å²) < 4.78 is 0. The monoisotopic (exact) mass is 102 g/mol. The Balaban J connectivity index is 2.38. The predicted molar refractivity (Wildman–Crippen MR) is 23.9 cm³/mol. The molecule has 0 fully saturated rings. The summed E-state index contributed by atoms with van der Waals surface area (Å²) in [4.78, 5) is 0. The number of nitrogens with zero attached hydrogens (tertiary/aromatic N) is 1. The maximum absolute atomic E-state index is 8.40. The highest BCUT2D eigenvalue weighted by Gasteiger charge is 1.97. The Morgan fingerprint density at radius 2 is 2.83 bits per heavy atom. The maximum atomic E-state index is 8.40. The van der Waals surface area contributed by atoms with Gasteiger partial charge in [0.15, 0.2) is 0 Å². The van der Waals surface area contributed by atoms with E-state index in [-0.39, 0.29) is 0 Å². The summed E-state index contributed by atoms with van der Waals surface area (Å²) in [7, 11) is 0. The molecule has 2 nitrogen and oxygen atoms in total. The minimum Gasteiger partial charge on any atom is -0.288 e. The highest BCUT2D eigenvalue weighted by atomic mass is 32.2. The normalized spacial score (nSPS) is 19.8. The highest BCUT2D eigenvalue weighted by molar-refractivity contribution is 8.02. The molecule has 0 atom stereocenters. The van der Waals surface area contributed by atoms with Crippen LogP contribution < -0.4 is 0 Å². The summed E-state index contributed by atoms with van der Waals surface area (Å²) in [6.07, 6.45) is 2.55. The summed E-state index contributed by atoms with van der Waals surface area (Å²) in [6, 6.07) is 0. The van der Waals surface area contributed by atoms with Gasteiger partial charge in [0, 0.05) is 5.41 Å². The van der Waals surface area contributed by atoms with Crippen LogP contribution in [0.1, 0.15) is 0 Å². The summed E-state index contributed by atoms with van der Waals surface area (Å²) in [5, 5.41) is 11.1. The molecule has 1 aliphatic rings. The van der Waals surface area contributed by atoms with Crippen molar-refractivity contribution in [1.82, 2.24) is 5.06 Å². The summed E-state index contributed by atoms with van der Waals surface area (Å²) in [5.41, 5.74) is 0. The van der Waals surface area contributed by atoms with E-state index in [1.165, 1.54) is 11.8 Å². The van der Waals surface area contributed by atoms with E-state index in [2.05, 4.69) is 6.20 Å². The third-order valence-corrected chi connectivity index (χ3v) is 1.15. The standard InChI is InChI=1S/C3H4NOS/c5-4-1-2-6-3-4/h2,5H,3H2. The van der Waals surface area contributed by atoms with Crippen LogP contribution >= 0.6 is 11.8 Å². The lowest BCUT2D eigenvalue weighted by Gasteiger charge is -1.97. The third kappa shape index (κ3) is 0.666. The molecule has 0 aliphatic carbocycles. The smallest absolute Gasteiger partial charge is 0.0970 e. The molecule has 0 amide bonds. The number of thioether (sulfide) groups is 1. The molecule has 0 aromatic carbocycles. The van der Waals surface area contributed by atoms with Crippen molar-refractivity contribution in [2.45, 2.75) is 0 Å². The Labute approximate surface area is 40.4 Å². The van der Waals surface area contributed by atoms with Gasteiger partial charge in [0.1, 0.15) is 0 Å². The van der Waals surface area contributed by atoms with Gasteiger partial charge in [-0.3, -0.25) is 5.21 Å². The Hall–Kier alpha value is -0.150. The van der Waals surface area contributed by atoms with E-state index < -0.39 is 0 Å². The molecular formula is C3H4NOS. The predicted octanol–water partition coefficient (Wildman–Crippen LogP) is 0.656. The van der Waals surface area contributed by atoms with E-state index in [0.717, 1.165) is 5.06 Å². The van der Waals surface area contributed by atoms with E-state index >= 15 is 0 Å². The average molecular weight is 102 g/mol. The first-order valence-corrected chi connectivity index (χ1v) is 2.60. The molecule has 0 aromatic heterocycles. The molecule has 1 heterocycles. The van der Waals surface area contributed by atoms with Crippen LogP contribution in [0.25, 0.3) is 0 Å². The van der Waals surface area contributed by atoms with Gasteiger partial charge in [-0.15, -0.1) is 11.8 Å². The van der Waals surface area contributed by atoms with Gasteiger partial charge in [-0.25, -0.2) is 5.06 Å². The molecule has 0 aromatic rings. The SMILES string of the molecule is ON1[C]=CSC1. The lowest BCUT2D eigenvalue weighted by Crippen LogP contribution is -2.04. The lowest BCUT2D eigenvalue weighted by atomic mass is 11.0. The molecule has 33 valence electrons. The zero-order chi connectivity index (χ0) is 4.41. The minimum absolute atomic E-state index is 0.625. The van der Waals surface area contributed by atoms with Gasteiger partial charge in [-0.2, -0.15) is 0 Å². The van der Waals surface area contributed by atoms with Crippen molar-refractivity contribution >= 4 is 11.8 Å². The Morgan fingerprint density at radius 3 is 3.00 bits per heavy atom. The van der Waals surface area contributed by atoms with Gasteiger partial charge in [-0.1, -0.05) is 0 Å². The Bertz CT molecular complexity index is 73.2. The average Bonchev–Trinajstić information content (AvgIpc) is 1.86. The molecule has 1 radical (unpaired) electrons. The van der Waals surface area contributed by atoms with Crippen molar-refractivity contribution in [3.63, 3.8) is 0 Å². The first-order chi connectivity index (χ1) is 2.89. The fourth-order valence-corrected chi connectivity index (χ4v) is 0.730. The van der Waals surface area contributed by atoms with Crippen LogP contribution in [0, 0.1) is 6.20 Å². The summed E-state index contributed by atoms with van der Waals surface area (Å²) >= 11 is 1.52. The molecule has 1 N–H and O–H groups in total. The first-order valence-electron chi connectivity index (χ1n) is 1.55. The number of hydrogen-bond acceptors (Lipinski definition) is 3. The molecule has 0 bridgehead atoms. The first kappa shape index (κ1) is 4.02. The van der Waals surface area contributed by atoms with Gasteiger partial charge in [0.25, 0.3) is 0 Å². The van der Waals surface area contributed by atoms with E-state index in [0.29, 0.717) is 5.88 Å². The van der Waals surface area contributed by atoms with Crippen molar-refractivity contribution < 1.29 is 5.21 Å². The second-order valence-corrected chi connectivity index (χ2v) is 1.77. The fourth-order valence-electron chi connectivity index (χ4n) is 0.243. The van der Waals surface area contributed by atoms with Crippen LogP contribution in [0.3, 0.4) is 0 Å². The lowest BCUT2D eigenvalue weighted by molar-refractivity contribution is -0.0268. The fraction of sp³-hybridized carbons (Fsp3) is 0.333. The van der Waals surface area contributed by atoms with Crippen molar-refractivity contribution in [3.05, 3.63) is 11.6 Å². The van der Waals surface area contributed by atoms with Gasteiger partial charge >= 0.3 is 0 Å². The molecule has 0 unspecified atom stereocenters. The Morgan fingerprint density at radius 1 is 2.00 bits per heavy atom. The van der Waals surface area contributed by atoms with E-state index in [9.17, 15) is 0 Å². The third-order valence-electron chi connectivity index (χ3n) is 0.482. The van der Waals surface area contributed by atoms with Gasteiger partial charge < -0.3 is 0 Å². The largest absolute Gasteiger partial charge is 0.288 e. The van der Waals surface area contributed by atoms with Crippen molar-refractivity contribution in [2.24, 2.45) is 0 Å². The van der Waals surface area contributed by atoms with Crippen LogP contribution in [0.2, 0.25) is 0 Å². The molecule has 0 saturated carbocycles. The second kappa shape index (κ2) is 1.53. The molecule has 3 heteroatoms. The summed E-state index contributed by atoms with van der Waals surface area (Å²) in [5.74, 6) is 0.625.